The number of hydrogen-bond donors (Lipinski definition) is 1. The number of amides is 1. The summed E-state index contributed by atoms with van der Waals surface area (Å²) in [7, 11) is 0. The van der Waals surface area contributed by atoms with Crippen molar-refractivity contribution in [3.63, 3.8) is 0 Å². The Balaban J connectivity index is 2.13. The molecule has 1 aliphatic rings. The van der Waals surface area contributed by atoms with Crippen LogP contribution < -0.4 is 5.32 Å². The molecule has 0 spiro atoms. The van der Waals surface area contributed by atoms with Gasteiger partial charge in [0.05, 0.1) is 0 Å². The van der Waals surface area contributed by atoms with Crippen molar-refractivity contribution >= 4 is 5.91 Å². The van der Waals surface area contributed by atoms with Crippen LogP contribution in [0, 0.1) is 23.0 Å². The largest absolute Gasteiger partial charge is 0.351 e. The molecule has 1 aromatic carbocycles. The van der Waals surface area contributed by atoms with Crippen LogP contribution in [0.4, 0.5) is 8.78 Å². The Morgan fingerprint density at radius 3 is 2.28 bits per heavy atom. The van der Waals surface area contributed by atoms with Crippen molar-refractivity contribution in [3.05, 3.63) is 48.1 Å². The fraction of sp³-hybridized carbons (Fsp3) is 0.625. The van der Waals surface area contributed by atoms with Crippen LogP contribution in [0.1, 0.15) is 71.9 Å². The maximum atomic E-state index is 14.2. The predicted octanol–water partition coefficient (Wildman–Crippen LogP) is 5.63. The molecule has 29 heavy (non-hydrogen) atoms. The van der Waals surface area contributed by atoms with Crippen LogP contribution in [0.2, 0.25) is 0 Å². The van der Waals surface area contributed by atoms with Gasteiger partial charge in [0, 0.05) is 22.6 Å². The highest BCUT2D eigenvalue weighted by Crippen LogP contribution is 2.41. The quantitative estimate of drug-likeness (QED) is 0.596. The van der Waals surface area contributed by atoms with Crippen molar-refractivity contribution in [2.75, 3.05) is 13.1 Å². The number of allylic oxidation sites excluding steroid dienone is 1. The average Bonchev–Trinajstić information content (AvgIpc) is 2.64. The van der Waals surface area contributed by atoms with Crippen molar-refractivity contribution < 1.29 is 13.6 Å². The molecular formula is C24H36F2N2O. The topological polar surface area (TPSA) is 32.3 Å². The summed E-state index contributed by atoms with van der Waals surface area (Å²) in [6.07, 6.45) is 5.05. The number of nitrogens with one attached hydrogen (secondary N) is 1. The van der Waals surface area contributed by atoms with E-state index in [-0.39, 0.29) is 29.0 Å². The van der Waals surface area contributed by atoms with Gasteiger partial charge in [0.2, 0.25) is 5.91 Å². The maximum Gasteiger partial charge on any atom is 0.226 e. The van der Waals surface area contributed by atoms with Gasteiger partial charge in [-0.25, -0.2) is 8.78 Å². The second kappa shape index (κ2) is 9.38. The molecule has 0 radical (unpaired) electrons. The van der Waals surface area contributed by atoms with Gasteiger partial charge in [0.1, 0.15) is 11.6 Å². The van der Waals surface area contributed by atoms with Crippen molar-refractivity contribution in [1.82, 2.24) is 10.2 Å². The standard InChI is InChI=1S/C24H36F2N2O/c1-7-8-14-24(6,22(29)27-23(3,4)5)18-12-15-28(16-13-18)17(2)21-19(25)10-9-11-20(21)26/h7,9-11,17-18H,1,8,12-16H2,2-6H3,(H,27,29). The fourth-order valence-corrected chi connectivity index (χ4v) is 4.40. The monoisotopic (exact) mass is 406 g/mol. The first-order valence-corrected chi connectivity index (χ1v) is 10.6. The Morgan fingerprint density at radius 2 is 1.79 bits per heavy atom. The first kappa shape index (κ1) is 23.5. The molecule has 1 amide bonds. The molecule has 1 saturated heterocycles. The van der Waals surface area contributed by atoms with E-state index < -0.39 is 17.0 Å². The van der Waals surface area contributed by atoms with E-state index in [2.05, 4.69) is 23.7 Å². The number of carbonyl (C=O) groups excluding carboxylic acids is 1. The number of hydrogen-bond acceptors (Lipinski definition) is 2. The minimum absolute atomic E-state index is 0.0819. The number of nitrogens with zero attached hydrogens (tertiary/aromatic N) is 1. The summed E-state index contributed by atoms with van der Waals surface area (Å²) in [6, 6.07) is 3.68. The Morgan fingerprint density at radius 1 is 1.24 bits per heavy atom. The lowest BCUT2D eigenvalue weighted by Gasteiger charge is -2.44. The van der Waals surface area contributed by atoms with Crippen LogP contribution in [0.3, 0.4) is 0 Å². The van der Waals surface area contributed by atoms with Gasteiger partial charge in [0.15, 0.2) is 0 Å². The fourth-order valence-electron chi connectivity index (χ4n) is 4.40. The van der Waals surface area contributed by atoms with Gasteiger partial charge < -0.3 is 5.32 Å². The van der Waals surface area contributed by atoms with Gasteiger partial charge in [0.25, 0.3) is 0 Å². The van der Waals surface area contributed by atoms with E-state index in [1.54, 1.807) is 0 Å². The third-order valence-corrected chi connectivity index (χ3v) is 6.27. The van der Waals surface area contributed by atoms with Crippen LogP contribution in [-0.2, 0) is 4.79 Å². The highest BCUT2D eigenvalue weighted by Gasteiger charge is 2.43. The molecule has 5 heteroatoms. The summed E-state index contributed by atoms with van der Waals surface area (Å²) in [5.74, 6) is -0.697. The van der Waals surface area contributed by atoms with Gasteiger partial charge in [-0.15, -0.1) is 6.58 Å². The molecule has 2 unspecified atom stereocenters. The van der Waals surface area contributed by atoms with E-state index in [1.807, 2.05) is 33.8 Å². The molecule has 1 N–H and O–H groups in total. The second-order valence-electron chi connectivity index (χ2n) is 9.57. The first-order chi connectivity index (χ1) is 13.5. The van der Waals surface area contributed by atoms with Crippen LogP contribution in [-0.4, -0.2) is 29.4 Å². The maximum absolute atomic E-state index is 14.2. The summed E-state index contributed by atoms with van der Waals surface area (Å²) < 4.78 is 28.4. The summed E-state index contributed by atoms with van der Waals surface area (Å²) in [5, 5.41) is 3.15. The van der Waals surface area contributed by atoms with Gasteiger partial charge in [-0.3, -0.25) is 9.69 Å². The molecule has 1 fully saturated rings. The molecule has 3 nitrogen and oxygen atoms in total. The van der Waals surface area contributed by atoms with Crippen molar-refractivity contribution in [2.45, 2.75) is 71.9 Å². The third-order valence-electron chi connectivity index (χ3n) is 6.27. The molecular weight excluding hydrogens is 370 g/mol. The predicted molar refractivity (Wildman–Crippen MR) is 115 cm³/mol. The molecule has 0 aliphatic carbocycles. The Kier molecular flexibility index (Phi) is 7.61. The molecule has 0 bridgehead atoms. The van der Waals surface area contributed by atoms with E-state index in [0.29, 0.717) is 13.1 Å². The highest BCUT2D eigenvalue weighted by molar-refractivity contribution is 5.83. The molecule has 1 heterocycles. The minimum Gasteiger partial charge on any atom is -0.351 e. The van der Waals surface area contributed by atoms with Crippen LogP contribution in [0.25, 0.3) is 0 Å². The zero-order chi connectivity index (χ0) is 21.8. The lowest BCUT2D eigenvalue weighted by Crippen LogP contribution is -2.52. The summed E-state index contributed by atoms with van der Waals surface area (Å²) in [6.45, 7) is 15.1. The third kappa shape index (κ3) is 5.65. The number of likely N-dealkylation sites (tertiary alicyclic amines) is 1. The normalized spacial score (nSPS) is 19.4. The van der Waals surface area contributed by atoms with E-state index >= 15 is 0 Å². The summed E-state index contributed by atoms with van der Waals surface area (Å²) in [4.78, 5) is 15.3. The number of benzene rings is 1. The van der Waals surface area contributed by atoms with Gasteiger partial charge in [-0.05, 0) is 84.5 Å². The highest BCUT2D eigenvalue weighted by atomic mass is 19.1. The lowest BCUT2D eigenvalue weighted by molar-refractivity contribution is -0.136. The van der Waals surface area contributed by atoms with Crippen molar-refractivity contribution in [3.8, 4) is 0 Å². The van der Waals surface area contributed by atoms with E-state index in [9.17, 15) is 13.6 Å². The van der Waals surface area contributed by atoms with Crippen molar-refractivity contribution in [2.24, 2.45) is 11.3 Å². The van der Waals surface area contributed by atoms with E-state index in [4.69, 9.17) is 0 Å². The van der Waals surface area contributed by atoms with Gasteiger partial charge in [-0.2, -0.15) is 0 Å². The second-order valence-corrected chi connectivity index (χ2v) is 9.57. The number of halogens is 2. The Bertz CT molecular complexity index is 700. The number of carbonyl (C=O) groups is 1. The lowest BCUT2D eigenvalue weighted by atomic mass is 9.68. The molecule has 1 aliphatic heterocycles. The SMILES string of the molecule is C=CCCC(C)(C(=O)NC(C)(C)C)C1CCN(C(C)c2c(F)cccc2F)CC1. The first-order valence-electron chi connectivity index (χ1n) is 10.6. The van der Waals surface area contributed by atoms with E-state index in [0.717, 1.165) is 25.7 Å². The molecule has 0 aromatic heterocycles. The van der Waals surface area contributed by atoms with Crippen molar-refractivity contribution in [1.29, 1.82) is 0 Å². The number of rotatable bonds is 7. The van der Waals surface area contributed by atoms with Gasteiger partial charge >= 0.3 is 0 Å². The molecule has 2 atom stereocenters. The molecule has 0 saturated carbocycles. The molecule has 2 rings (SSSR count). The number of piperidine rings is 1. The summed E-state index contributed by atoms with van der Waals surface area (Å²) in [5.41, 5.74) is -0.643. The van der Waals surface area contributed by atoms with Gasteiger partial charge in [-0.1, -0.05) is 19.1 Å². The van der Waals surface area contributed by atoms with Crippen LogP contribution >= 0.6 is 0 Å². The average molecular weight is 407 g/mol. The molecule has 1 aromatic rings. The van der Waals surface area contributed by atoms with Crippen LogP contribution in [0.15, 0.2) is 30.9 Å². The zero-order valence-electron chi connectivity index (χ0n) is 18.5. The van der Waals surface area contributed by atoms with E-state index in [1.165, 1.54) is 18.2 Å². The Labute approximate surface area is 174 Å². The Hall–Kier alpha value is -1.75. The molecule has 162 valence electrons. The minimum atomic E-state index is -0.500. The smallest absolute Gasteiger partial charge is 0.226 e. The zero-order valence-corrected chi connectivity index (χ0v) is 18.5. The summed E-state index contributed by atoms with van der Waals surface area (Å²) >= 11 is 0. The van der Waals surface area contributed by atoms with Crippen LogP contribution in [0.5, 0.6) is 0 Å².